The van der Waals surface area contributed by atoms with E-state index in [0.717, 1.165) is 37.8 Å². The molecule has 20 heavy (non-hydrogen) atoms. The van der Waals surface area contributed by atoms with Crippen molar-refractivity contribution >= 4 is 5.78 Å². The summed E-state index contributed by atoms with van der Waals surface area (Å²) < 4.78 is 0. The van der Waals surface area contributed by atoms with Gasteiger partial charge in [0, 0.05) is 30.3 Å². The van der Waals surface area contributed by atoms with E-state index in [1.807, 2.05) is 12.3 Å². The summed E-state index contributed by atoms with van der Waals surface area (Å²) in [5.41, 5.74) is 7.77. The minimum absolute atomic E-state index is 0.290. The van der Waals surface area contributed by atoms with E-state index in [2.05, 4.69) is 18.0 Å². The Morgan fingerprint density at radius 3 is 2.45 bits per heavy atom. The number of rotatable bonds is 5. The van der Waals surface area contributed by atoms with Crippen molar-refractivity contribution in [1.82, 2.24) is 4.98 Å². The number of nitrogens with zero attached hydrogens (tertiary/aromatic N) is 1. The van der Waals surface area contributed by atoms with Gasteiger partial charge < -0.3 is 5.73 Å². The largest absolute Gasteiger partial charge is 0.329 e. The fraction of sp³-hybridized carbons (Fsp3) is 0.647. The molecule has 0 bridgehead atoms. The lowest BCUT2D eigenvalue weighted by Crippen LogP contribution is -2.39. The van der Waals surface area contributed by atoms with E-state index in [0.29, 0.717) is 18.7 Å². The van der Waals surface area contributed by atoms with Crippen molar-refractivity contribution in [1.29, 1.82) is 0 Å². The third-order valence-electron chi connectivity index (χ3n) is 4.68. The van der Waals surface area contributed by atoms with Gasteiger partial charge in [0.05, 0.1) is 0 Å². The molecule has 1 heterocycles. The molecule has 0 aromatic carbocycles. The molecular formula is C17H26N2O. The molecule has 1 aromatic heterocycles. The molecule has 0 atom stereocenters. The van der Waals surface area contributed by atoms with Gasteiger partial charge in [0.1, 0.15) is 5.78 Å². The van der Waals surface area contributed by atoms with Crippen LogP contribution in [0.5, 0.6) is 0 Å². The van der Waals surface area contributed by atoms with Crippen molar-refractivity contribution in [2.45, 2.75) is 58.3 Å². The van der Waals surface area contributed by atoms with Gasteiger partial charge >= 0.3 is 0 Å². The number of Topliss-reactive ketones (excluding diaryl/α,β-unsaturated/α-hetero) is 1. The fourth-order valence-corrected chi connectivity index (χ4v) is 3.12. The molecule has 3 heteroatoms. The first-order valence-corrected chi connectivity index (χ1v) is 7.87. The van der Waals surface area contributed by atoms with E-state index in [1.54, 1.807) is 0 Å². The minimum Gasteiger partial charge on any atom is -0.329 e. The van der Waals surface area contributed by atoms with Crippen molar-refractivity contribution < 1.29 is 4.79 Å². The van der Waals surface area contributed by atoms with Crippen molar-refractivity contribution in [3.63, 3.8) is 0 Å². The van der Waals surface area contributed by atoms with Crippen molar-refractivity contribution in [3.8, 4) is 0 Å². The summed E-state index contributed by atoms with van der Waals surface area (Å²) in [6.07, 6.45) is 9.93. The average Bonchev–Trinajstić information content (AvgIpc) is 2.74. The average molecular weight is 274 g/mol. The topological polar surface area (TPSA) is 56.0 Å². The van der Waals surface area contributed by atoms with Crippen molar-refractivity contribution in [3.05, 3.63) is 29.6 Å². The maximum Gasteiger partial charge on any atom is 0.146 e. The van der Waals surface area contributed by atoms with Crippen LogP contribution < -0.4 is 5.73 Å². The predicted octanol–water partition coefficient (Wildman–Crippen LogP) is 3.05. The van der Waals surface area contributed by atoms with Gasteiger partial charge in [-0.15, -0.1) is 0 Å². The first-order chi connectivity index (χ1) is 9.70. The number of nitrogens with two attached hydrogens (primary N) is 1. The zero-order valence-electron chi connectivity index (χ0n) is 12.5. The first-order valence-electron chi connectivity index (χ1n) is 7.87. The highest BCUT2D eigenvalue weighted by atomic mass is 16.1. The van der Waals surface area contributed by atoms with Crippen LogP contribution in [0.4, 0.5) is 0 Å². The molecule has 3 nitrogen and oxygen atoms in total. The number of hydrogen-bond acceptors (Lipinski definition) is 3. The standard InChI is InChI=1S/C17H26N2O/c1-2-14-7-8-15(19-12-14)11-16(20)17(13-18)9-5-3-4-6-10-17/h7-8,12H,2-6,9-11,13,18H2,1H3. The van der Waals surface area contributed by atoms with Crippen LogP contribution in [0.25, 0.3) is 0 Å². The van der Waals surface area contributed by atoms with Crippen LogP contribution in [0.3, 0.4) is 0 Å². The van der Waals surface area contributed by atoms with E-state index in [9.17, 15) is 4.79 Å². The molecule has 0 spiro atoms. The van der Waals surface area contributed by atoms with Crippen LogP contribution in [-0.2, 0) is 17.6 Å². The normalized spacial score (nSPS) is 18.5. The van der Waals surface area contributed by atoms with Gasteiger partial charge in [0.2, 0.25) is 0 Å². The molecule has 0 aliphatic heterocycles. The Morgan fingerprint density at radius 1 is 1.25 bits per heavy atom. The Morgan fingerprint density at radius 2 is 1.95 bits per heavy atom. The molecule has 110 valence electrons. The van der Waals surface area contributed by atoms with E-state index < -0.39 is 0 Å². The summed E-state index contributed by atoms with van der Waals surface area (Å²) in [4.78, 5) is 17.1. The van der Waals surface area contributed by atoms with Crippen LogP contribution >= 0.6 is 0 Å². The molecule has 1 aliphatic carbocycles. The Hall–Kier alpha value is -1.22. The molecular weight excluding hydrogens is 248 g/mol. The lowest BCUT2D eigenvalue weighted by molar-refractivity contribution is -0.128. The smallest absolute Gasteiger partial charge is 0.146 e. The number of ketones is 1. The lowest BCUT2D eigenvalue weighted by atomic mass is 9.75. The SMILES string of the molecule is CCc1ccc(CC(=O)C2(CN)CCCCCC2)nc1. The molecule has 0 unspecified atom stereocenters. The zero-order valence-corrected chi connectivity index (χ0v) is 12.5. The van der Waals surface area contributed by atoms with Gasteiger partial charge in [0.15, 0.2) is 0 Å². The Bertz CT molecular complexity index is 431. The molecule has 2 N–H and O–H groups in total. The molecule has 1 aromatic rings. The second kappa shape index (κ2) is 6.98. The maximum absolute atomic E-state index is 12.7. The molecule has 1 aliphatic rings. The predicted molar refractivity (Wildman–Crippen MR) is 81.5 cm³/mol. The number of pyridine rings is 1. The summed E-state index contributed by atoms with van der Waals surface area (Å²) >= 11 is 0. The van der Waals surface area contributed by atoms with Gasteiger partial charge in [-0.2, -0.15) is 0 Å². The highest BCUT2D eigenvalue weighted by molar-refractivity contribution is 5.86. The number of carbonyl (C=O) groups excluding carboxylic acids is 1. The fourth-order valence-electron chi connectivity index (χ4n) is 3.12. The molecule has 0 radical (unpaired) electrons. The molecule has 1 saturated carbocycles. The van der Waals surface area contributed by atoms with Crippen molar-refractivity contribution in [2.24, 2.45) is 11.1 Å². The second-order valence-electron chi connectivity index (χ2n) is 6.01. The zero-order chi connectivity index (χ0) is 14.4. The molecule has 1 fully saturated rings. The van der Waals surface area contributed by atoms with Crippen LogP contribution in [0.1, 0.15) is 56.7 Å². The summed E-state index contributed by atoms with van der Waals surface area (Å²) in [5, 5.41) is 0. The quantitative estimate of drug-likeness (QED) is 0.840. The lowest BCUT2D eigenvalue weighted by Gasteiger charge is -2.29. The first kappa shape index (κ1) is 15.2. The number of carbonyl (C=O) groups is 1. The van der Waals surface area contributed by atoms with Crippen LogP contribution in [0, 0.1) is 5.41 Å². The van der Waals surface area contributed by atoms with Gasteiger partial charge in [0.25, 0.3) is 0 Å². The summed E-state index contributed by atoms with van der Waals surface area (Å²) in [6, 6.07) is 4.05. The van der Waals surface area contributed by atoms with E-state index in [1.165, 1.54) is 18.4 Å². The highest BCUT2D eigenvalue weighted by Gasteiger charge is 2.36. The van der Waals surface area contributed by atoms with Gasteiger partial charge in [-0.1, -0.05) is 38.7 Å². The molecule has 0 amide bonds. The van der Waals surface area contributed by atoms with Crippen LogP contribution in [0.15, 0.2) is 18.3 Å². The third kappa shape index (κ3) is 3.45. The van der Waals surface area contributed by atoms with Gasteiger partial charge in [-0.25, -0.2) is 0 Å². The second-order valence-corrected chi connectivity index (χ2v) is 6.01. The third-order valence-corrected chi connectivity index (χ3v) is 4.68. The molecule has 0 saturated heterocycles. The summed E-state index contributed by atoms with van der Waals surface area (Å²) in [6.45, 7) is 2.59. The van der Waals surface area contributed by atoms with Gasteiger partial charge in [-0.05, 0) is 30.9 Å². The van der Waals surface area contributed by atoms with Gasteiger partial charge in [-0.3, -0.25) is 9.78 Å². The van der Waals surface area contributed by atoms with Crippen molar-refractivity contribution in [2.75, 3.05) is 6.54 Å². The Balaban J connectivity index is 2.07. The highest BCUT2D eigenvalue weighted by Crippen LogP contribution is 2.35. The number of hydrogen-bond donors (Lipinski definition) is 1. The van der Waals surface area contributed by atoms with Crippen LogP contribution in [0.2, 0.25) is 0 Å². The maximum atomic E-state index is 12.7. The Kier molecular flexibility index (Phi) is 5.30. The van der Waals surface area contributed by atoms with E-state index >= 15 is 0 Å². The Labute approximate surface area is 122 Å². The number of aryl methyl sites for hydroxylation is 1. The summed E-state index contributed by atoms with van der Waals surface area (Å²) in [7, 11) is 0. The summed E-state index contributed by atoms with van der Waals surface area (Å²) in [5.74, 6) is 0.290. The monoisotopic (exact) mass is 274 g/mol. The van der Waals surface area contributed by atoms with E-state index in [4.69, 9.17) is 5.73 Å². The minimum atomic E-state index is -0.290. The van der Waals surface area contributed by atoms with Crippen LogP contribution in [-0.4, -0.2) is 17.3 Å². The molecule has 2 rings (SSSR count). The van der Waals surface area contributed by atoms with E-state index in [-0.39, 0.29) is 5.41 Å². The number of aromatic nitrogens is 1.